The maximum absolute atomic E-state index is 12.1. The number of guanidine groups is 1. The Kier molecular flexibility index (Phi) is 4.76. The van der Waals surface area contributed by atoms with E-state index < -0.39 is 6.36 Å². The SMILES string of the molecule is NC(N)=NN=Cc1ccc(I)c(OC(F)(F)F)c1. The average molecular weight is 372 g/mol. The van der Waals surface area contributed by atoms with Gasteiger partial charge in [0.05, 0.1) is 9.78 Å². The van der Waals surface area contributed by atoms with Gasteiger partial charge >= 0.3 is 6.36 Å². The fourth-order valence-corrected chi connectivity index (χ4v) is 1.41. The minimum absolute atomic E-state index is 0.247. The lowest BCUT2D eigenvalue weighted by Gasteiger charge is -2.10. The fourth-order valence-electron chi connectivity index (χ4n) is 0.965. The van der Waals surface area contributed by atoms with Crippen molar-refractivity contribution in [2.24, 2.45) is 21.7 Å². The number of ether oxygens (including phenoxy) is 1. The molecule has 4 N–H and O–H groups in total. The summed E-state index contributed by atoms with van der Waals surface area (Å²) in [6.07, 6.45) is -3.53. The van der Waals surface area contributed by atoms with Gasteiger partial charge in [-0.15, -0.1) is 18.3 Å². The molecule has 0 radical (unpaired) electrons. The summed E-state index contributed by atoms with van der Waals surface area (Å²) in [5.41, 5.74) is 10.4. The first-order chi connectivity index (χ1) is 8.28. The van der Waals surface area contributed by atoms with Crippen LogP contribution in [0.1, 0.15) is 5.56 Å². The van der Waals surface area contributed by atoms with Gasteiger partial charge in [0.1, 0.15) is 5.75 Å². The molecule has 0 aromatic heterocycles. The van der Waals surface area contributed by atoms with Crippen molar-refractivity contribution >= 4 is 34.8 Å². The maximum Gasteiger partial charge on any atom is 0.573 e. The van der Waals surface area contributed by atoms with E-state index in [1.165, 1.54) is 18.3 Å². The summed E-state index contributed by atoms with van der Waals surface area (Å²) in [6, 6.07) is 4.19. The quantitative estimate of drug-likeness (QED) is 0.367. The van der Waals surface area contributed by atoms with E-state index in [2.05, 4.69) is 14.9 Å². The van der Waals surface area contributed by atoms with Gasteiger partial charge in [-0.1, -0.05) is 6.07 Å². The molecular weight excluding hydrogens is 364 g/mol. The summed E-state index contributed by atoms with van der Waals surface area (Å²) < 4.78 is 40.5. The molecule has 0 saturated carbocycles. The molecule has 0 heterocycles. The Labute approximate surface area is 114 Å². The normalized spacial score (nSPS) is 11.6. The highest BCUT2D eigenvalue weighted by Crippen LogP contribution is 2.28. The van der Waals surface area contributed by atoms with Crippen LogP contribution in [-0.4, -0.2) is 18.5 Å². The smallest absolute Gasteiger partial charge is 0.405 e. The highest BCUT2D eigenvalue weighted by Gasteiger charge is 2.31. The number of benzene rings is 1. The third-order valence-corrected chi connectivity index (χ3v) is 2.45. The summed E-state index contributed by atoms with van der Waals surface area (Å²) in [5, 5.41) is 6.81. The van der Waals surface area contributed by atoms with Crippen molar-refractivity contribution in [3.63, 3.8) is 0 Å². The molecule has 0 aliphatic rings. The minimum atomic E-state index is -4.74. The van der Waals surface area contributed by atoms with Gasteiger partial charge in [0.15, 0.2) is 0 Å². The Morgan fingerprint density at radius 3 is 2.56 bits per heavy atom. The molecule has 1 aromatic rings. The predicted molar refractivity (Wildman–Crippen MR) is 69.2 cm³/mol. The first-order valence-corrected chi connectivity index (χ1v) is 5.53. The molecule has 18 heavy (non-hydrogen) atoms. The van der Waals surface area contributed by atoms with E-state index >= 15 is 0 Å². The third-order valence-electron chi connectivity index (χ3n) is 1.56. The Hall–Kier alpha value is -1.52. The van der Waals surface area contributed by atoms with Crippen molar-refractivity contribution in [1.29, 1.82) is 0 Å². The van der Waals surface area contributed by atoms with E-state index in [0.717, 1.165) is 0 Å². The van der Waals surface area contributed by atoms with E-state index in [-0.39, 0.29) is 11.7 Å². The van der Waals surface area contributed by atoms with E-state index in [9.17, 15) is 13.2 Å². The van der Waals surface area contributed by atoms with Gasteiger partial charge in [-0.3, -0.25) is 0 Å². The van der Waals surface area contributed by atoms with Crippen LogP contribution in [0.3, 0.4) is 0 Å². The van der Waals surface area contributed by atoms with Crippen LogP contribution in [0.4, 0.5) is 13.2 Å². The minimum Gasteiger partial charge on any atom is -0.405 e. The molecule has 0 saturated heterocycles. The number of nitrogens with zero attached hydrogens (tertiary/aromatic N) is 2. The van der Waals surface area contributed by atoms with Crippen molar-refractivity contribution in [3.05, 3.63) is 27.3 Å². The number of nitrogens with two attached hydrogens (primary N) is 2. The largest absolute Gasteiger partial charge is 0.573 e. The molecule has 0 atom stereocenters. The first-order valence-electron chi connectivity index (χ1n) is 4.45. The molecule has 0 fully saturated rings. The molecule has 0 aliphatic heterocycles. The second kappa shape index (κ2) is 5.89. The van der Waals surface area contributed by atoms with Gasteiger partial charge in [0.2, 0.25) is 5.96 Å². The molecule has 1 rings (SSSR count). The van der Waals surface area contributed by atoms with Crippen LogP contribution >= 0.6 is 22.6 Å². The Bertz CT molecular complexity index is 483. The zero-order valence-corrected chi connectivity index (χ0v) is 10.9. The molecule has 0 spiro atoms. The lowest BCUT2D eigenvalue weighted by Crippen LogP contribution is -2.21. The van der Waals surface area contributed by atoms with E-state index in [4.69, 9.17) is 11.5 Å². The summed E-state index contributed by atoms with van der Waals surface area (Å²) in [6.45, 7) is 0. The van der Waals surface area contributed by atoms with Crippen LogP contribution in [0.2, 0.25) is 0 Å². The van der Waals surface area contributed by atoms with Gasteiger partial charge in [0.25, 0.3) is 0 Å². The second-order valence-corrected chi connectivity index (χ2v) is 4.17. The standard InChI is InChI=1S/C9H8F3IN4O/c10-9(11,12)18-7-3-5(1-2-6(7)13)4-16-17-8(14)15/h1-4H,(H4,14,15,17). The van der Waals surface area contributed by atoms with Gasteiger partial charge < -0.3 is 16.2 Å². The monoisotopic (exact) mass is 372 g/mol. The fraction of sp³-hybridized carbons (Fsp3) is 0.111. The molecule has 5 nitrogen and oxygen atoms in total. The zero-order chi connectivity index (χ0) is 13.8. The third kappa shape index (κ3) is 5.21. The topological polar surface area (TPSA) is 86.0 Å². The molecular formula is C9H8F3IN4O. The zero-order valence-electron chi connectivity index (χ0n) is 8.78. The Morgan fingerprint density at radius 2 is 2.00 bits per heavy atom. The second-order valence-electron chi connectivity index (χ2n) is 3.01. The predicted octanol–water partition coefficient (Wildman–Crippen LogP) is 1.80. The Balaban J connectivity index is 2.94. The van der Waals surface area contributed by atoms with E-state index in [1.807, 2.05) is 0 Å². The van der Waals surface area contributed by atoms with Crippen LogP contribution in [0.25, 0.3) is 0 Å². The summed E-state index contributed by atoms with van der Waals surface area (Å²) >= 11 is 1.73. The summed E-state index contributed by atoms with van der Waals surface area (Å²) in [4.78, 5) is 0. The number of alkyl halides is 3. The average Bonchev–Trinajstić information content (AvgIpc) is 2.20. The first kappa shape index (κ1) is 14.5. The lowest BCUT2D eigenvalue weighted by atomic mass is 10.2. The van der Waals surface area contributed by atoms with E-state index in [1.54, 1.807) is 28.7 Å². The van der Waals surface area contributed by atoms with Crippen LogP contribution < -0.4 is 16.2 Å². The lowest BCUT2D eigenvalue weighted by molar-refractivity contribution is -0.274. The molecule has 0 unspecified atom stereocenters. The highest BCUT2D eigenvalue weighted by molar-refractivity contribution is 14.1. The number of hydrogen-bond acceptors (Lipinski definition) is 3. The van der Waals surface area contributed by atoms with Gasteiger partial charge in [-0.25, -0.2) is 0 Å². The van der Waals surface area contributed by atoms with E-state index in [0.29, 0.717) is 9.13 Å². The number of halogens is 4. The van der Waals surface area contributed by atoms with Crippen molar-refractivity contribution in [1.82, 2.24) is 0 Å². The molecule has 98 valence electrons. The summed E-state index contributed by atoms with van der Waals surface area (Å²) in [7, 11) is 0. The summed E-state index contributed by atoms with van der Waals surface area (Å²) in [5.74, 6) is -0.555. The number of rotatable bonds is 3. The molecule has 9 heteroatoms. The van der Waals surface area contributed by atoms with Crippen molar-refractivity contribution in [2.75, 3.05) is 0 Å². The van der Waals surface area contributed by atoms with Crippen LogP contribution in [-0.2, 0) is 0 Å². The van der Waals surface area contributed by atoms with Crippen molar-refractivity contribution in [3.8, 4) is 5.75 Å². The van der Waals surface area contributed by atoms with Gasteiger partial charge in [0, 0.05) is 0 Å². The van der Waals surface area contributed by atoms with Gasteiger partial charge in [-0.05, 0) is 40.3 Å². The van der Waals surface area contributed by atoms with Crippen molar-refractivity contribution in [2.45, 2.75) is 6.36 Å². The van der Waals surface area contributed by atoms with Crippen LogP contribution in [0, 0.1) is 3.57 Å². The molecule has 0 aliphatic carbocycles. The maximum atomic E-state index is 12.1. The number of hydrogen-bond donors (Lipinski definition) is 2. The van der Waals surface area contributed by atoms with Crippen LogP contribution in [0.5, 0.6) is 5.75 Å². The molecule has 0 amide bonds. The Morgan fingerprint density at radius 1 is 1.33 bits per heavy atom. The highest BCUT2D eigenvalue weighted by atomic mass is 127. The molecule has 0 bridgehead atoms. The van der Waals surface area contributed by atoms with Crippen LogP contribution in [0.15, 0.2) is 28.4 Å². The van der Waals surface area contributed by atoms with Crippen molar-refractivity contribution < 1.29 is 17.9 Å². The molecule has 1 aromatic carbocycles. The van der Waals surface area contributed by atoms with Gasteiger partial charge in [-0.2, -0.15) is 5.10 Å².